The Hall–Kier alpha value is -2.11. The molecule has 1 atom stereocenters. The molecule has 0 spiro atoms. The van der Waals surface area contributed by atoms with Crippen LogP contribution in [0, 0.1) is 0 Å². The molecule has 21 heavy (non-hydrogen) atoms. The lowest BCUT2D eigenvalue weighted by Crippen LogP contribution is -2.38. The predicted molar refractivity (Wildman–Crippen MR) is 74.8 cm³/mol. The third-order valence-electron chi connectivity index (χ3n) is 4.32. The first-order chi connectivity index (χ1) is 10.3. The molecular formula is C15H18N4O2. The van der Waals surface area contributed by atoms with Crippen molar-refractivity contribution in [3.8, 4) is 0 Å². The first kappa shape index (κ1) is 12.6. The van der Waals surface area contributed by atoms with Crippen molar-refractivity contribution in [3.63, 3.8) is 0 Å². The summed E-state index contributed by atoms with van der Waals surface area (Å²) in [6, 6.07) is 3.92. The molecule has 110 valence electrons. The number of likely N-dealkylation sites (tertiary alicyclic amines) is 1. The van der Waals surface area contributed by atoms with Crippen molar-refractivity contribution in [1.29, 1.82) is 0 Å². The second-order valence-corrected chi connectivity index (χ2v) is 5.91. The molecule has 0 unspecified atom stereocenters. The summed E-state index contributed by atoms with van der Waals surface area (Å²) in [4.78, 5) is 14.5. The maximum Gasteiger partial charge on any atom is 0.276 e. The highest BCUT2D eigenvalue weighted by Crippen LogP contribution is 2.40. The molecule has 0 N–H and O–H groups in total. The zero-order valence-electron chi connectivity index (χ0n) is 11.8. The number of carbonyl (C=O) groups is 1. The van der Waals surface area contributed by atoms with Gasteiger partial charge in [-0.15, -0.1) is 0 Å². The van der Waals surface area contributed by atoms with Gasteiger partial charge in [-0.1, -0.05) is 5.16 Å². The fourth-order valence-electron chi connectivity index (χ4n) is 3.01. The molecule has 2 aromatic rings. The van der Waals surface area contributed by atoms with Gasteiger partial charge in [-0.2, -0.15) is 5.10 Å². The molecule has 1 aliphatic heterocycles. The van der Waals surface area contributed by atoms with Gasteiger partial charge in [-0.05, 0) is 31.7 Å². The van der Waals surface area contributed by atoms with Gasteiger partial charge in [0.2, 0.25) is 0 Å². The van der Waals surface area contributed by atoms with Crippen LogP contribution in [0.5, 0.6) is 0 Å². The highest BCUT2D eigenvalue weighted by molar-refractivity contribution is 5.92. The Morgan fingerprint density at radius 3 is 3.05 bits per heavy atom. The number of hydrogen-bond acceptors (Lipinski definition) is 4. The highest BCUT2D eigenvalue weighted by Gasteiger charge is 2.33. The van der Waals surface area contributed by atoms with E-state index in [-0.39, 0.29) is 11.9 Å². The minimum absolute atomic E-state index is 0.0136. The van der Waals surface area contributed by atoms with Gasteiger partial charge < -0.3 is 9.42 Å². The maximum atomic E-state index is 12.6. The van der Waals surface area contributed by atoms with Gasteiger partial charge in [-0.25, -0.2) is 0 Å². The number of rotatable bonds is 4. The molecule has 2 aromatic heterocycles. The molecule has 3 heterocycles. The minimum Gasteiger partial charge on any atom is -0.360 e. The van der Waals surface area contributed by atoms with Crippen molar-refractivity contribution in [1.82, 2.24) is 19.8 Å². The summed E-state index contributed by atoms with van der Waals surface area (Å²) < 4.78 is 7.18. The quantitative estimate of drug-likeness (QED) is 0.863. The van der Waals surface area contributed by atoms with E-state index in [0.717, 1.165) is 44.5 Å². The summed E-state index contributed by atoms with van der Waals surface area (Å²) >= 11 is 0. The summed E-state index contributed by atoms with van der Waals surface area (Å²) in [6.45, 7) is 1.53. The van der Waals surface area contributed by atoms with Crippen LogP contribution in [0.2, 0.25) is 0 Å². The molecule has 4 rings (SSSR count). The monoisotopic (exact) mass is 286 g/mol. The van der Waals surface area contributed by atoms with E-state index in [1.165, 1.54) is 0 Å². The minimum atomic E-state index is -0.0136. The molecule has 0 bridgehead atoms. The van der Waals surface area contributed by atoms with Crippen LogP contribution in [0.3, 0.4) is 0 Å². The van der Waals surface area contributed by atoms with E-state index in [1.807, 2.05) is 27.9 Å². The summed E-state index contributed by atoms with van der Waals surface area (Å²) in [6.07, 6.45) is 8.04. The van der Waals surface area contributed by atoms with E-state index in [9.17, 15) is 4.79 Å². The predicted octanol–water partition coefficient (Wildman–Crippen LogP) is 2.05. The van der Waals surface area contributed by atoms with Crippen LogP contribution in [0.15, 0.2) is 29.0 Å². The molecule has 6 heteroatoms. The number of nitrogens with zero attached hydrogens (tertiary/aromatic N) is 4. The Labute approximate surface area is 122 Å². The second kappa shape index (κ2) is 5.02. The number of amides is 1. The zero-order valence-corrected chi connectivity index (χ0v) is 11.8. The van der Waals surface area contributed by atoms with Crippen molar-refractivity contribution in [2.75, 3.05) is 6.54 Å². The van der Waals surface area contributed by atoms with E-state index < -0.39 is 0 Å². The zero-order chi connectivity index (χ0) is 14.2. The van der Waals surface area contributed by atoms with Gasteiger partial charge in [0.25, 0.3) is 5.91 Å². The normalized spacial score (nSPS) is 21.9. The summed E-state index contributed by atoms with van der Waals surface area (Å²) in [5.74, 6) is 1.33. The molecular weight excluding hydrogens is 268 g/mol. The molecule has 6 nitrogen and oxygen atoms in total. The van der Waals surface area contributed by atoms with Crippen LogP contribution in [0.25, 0.3) is 0 Å². The Bertz CT molecular complexity index is 630. The van der Waals surface area contributed by atoms with Crippen LogP contribution < -0.4 is 0 Å². The van der Waals surface area contributed by atoms with Gasteiger partial charge >= 0.3 is 0 Å². The lowest BCUT2D eigenvalue weighted by Gasteiger charge is -2.23. The third-order valence-corrected chi connectivity index (χ3v) is 4.32. The summed E-state index contributed by atoms with van der Waals surface area (Å²) in [7, 11) is 0. The first-order valence-electron chi connectivity index (χ1n) is 7.56. The van der Waals surface area contributed by atoms with Crippen LogP contribution in [-0.2, 0) is 6.54 Å². The Morgan fingerprint density at radius 1 is 1.38 bits per heavy atom. The van der Waals surface area contributed by atoms with Crippen LogP contribution in [0.4, 0.5) is 0 Å². The highest BCUT2D eigenvalue weighted by atomic mass is 16.5. The molecule has 2 fully saturated rings. The van der Waals surface area contributed by atoms with Crippen molar-refractivity contribution >= 4 is 5.91 Å². The first-order valence-corrected chi connectivity index (χ1v) is 7.56. The topological polar surface area (TPSA) is 64.2 Å². The Balaban J connectivity index is 1.48. The van der Waals surface area contributed by atoms with Crippen molar-refractivity contribution in [3.05, 3.63) is 36.0 Å². The van der Waals surface area contributed by atoms with Crippen LogP contribution >= 0.6 is 0 Å². The van der Waals surface area contributed by atoms with Crippen LogP contribution in [-0.4, -0.2) is 38.3 Å². The maximum absolute atomic E-state index is 12.6. The SMILES string of the molecule is O=C(c1cc(C2CC2)on1)N1CCC[C@@H]1Cn1cccn1. The third kappa shape index (κ3) is 2.46. The molecule has 1 amide bonds. The molecule has 0 aromatic carbocycles. The average Bonchev–Trinajstić information content (AvgIpc) is 2.96. The fraction of sp³-hybridized carbons (Fsp3) is 0.533. The van der Waals surface area contributed by atoms with Gasteiger partial charge in [0.1, 0.15) is 5.76 Å². The van der Waals surface area contributed by atoms with E-state index in [4.69, 9.17) is 4.52 Å². The average molecular weight is 286 g/mol. The lowest BCUT2D eigenvalue weighted by molar-refractivity contribution is 0.0711. The molecule has 1 saturated carbocycles. The summed E-state index contributed by atoms with van der Waals surface area (Å²) in [5, 5.41) is 8.19. The van der Waals surface area contributed by atoms with Crippen molar-refractivity contribution in [2.24, 2.45) is 0 Å². The number of carbonyl (C=O) groups excluding carboxylic acids is 1. The molecule has 2 aliphatic rings. The molecule has 0 radical (unpaired) electrons. The Morgan fingerprint density at radius 2 is 2.29 bits per heavy atom. The van der Waals surface area contributed by atoms with E-state index in [0.29, 0.717) is 11.6 Å². The lowest BCUT2D eigenvalue weighted by atomic mass is 10.2. The second-order valence-electron chi connectivity index (χ2n) is 5.91. The van der Waals surface area contributed by atoms with E-state index >= 15 is 0 Å². The number of hydrogen-bond donors (Lipinski definition) is 0. The molecule has 1 saturated heterocycles. The van der Waals surface area contributed by atoms with Crippen molar-refractivity contribution in [2.45, 2.75) is 44.2 Å². The van der Waals surface area contributed by atoms with Gasteiger partial charge in [0, 0.05) is 30.9 Å². The van der Waals surface area contributed by atoms with Gasteiger partial charge in [0.15, 0.2) is 5.69 Å². The smallest absolute Gasteiger partial charge is 0.276 e. The number of aromatic nitrogens is 3. The van der Waals surface area contributed by atoms with Crippen molar-refractivity contribution < 1.29 is 9.32 Å². The standard InChI is InChI=1S/C15H18N4O2/c20-15(13-9-14(21-17-13)11-4-5-11)19-8-1-3-12(19)10-18-7-2-6-16-18/h2,6-7,9,11-12H,1,3-5,8,10H2/t12-/m1/s1. The largest absolute Gasteiger partial charge is 0.360 e. The van der Waals surface area contributed by atoms with Crippen LogP contribution in [0.1, 0.15) is 47.8 Å². The molecule has 1 aliphatic carbocycles. The van der Waals surface area contributed by atoms with Gasteiger partial charge in [-0.3, -0.25) is 9.48 Å². The van der Waals surface area contributed by atoms with Gasteiger partial charge in [0.05, 0.1) is 12.6 Å². The van der Waals surface area contributed by atoms with E-state index in [1.54, 1.807) is 6.20 Å². The summed E-state index contributed by atoms with van der Waals surface area (Å²) in [5.41, 5.74) is 0.448. The fourth-order valence-corrected chi connectivity index (χ4v) is 3.01. The van der Waals surface area contributed by atoms with E-state index in [2.05, 4.69) is 10.3 Å². The Kier molecular flexibility index (Phi) is 3.02.